The van der Waals surface area contributed by atoms with Gasteiger partial charge in [0, 0.05) is 24.8 Å². The van der Waals surface area contributed by atoms with Crippen LogP contribution in [-0.2, 0) is 6.54 Å². The number of hydrogen-bond acceptors (Lipinski definition) is 4. The Hall–Kier alpha value is -1.42. The zero-order valence-electron chi connectivity index (χ0n) is 12.2. The molecular formula is C16H24N2O2. The van der Waals surface area contributed by atoms with Crippen LogP contribution in [0.1, 0.15) is 31.7 Å². The quantitative estimate of drug-likeness (QED) is 0.862. The number of ether oxygens (including phenoxy) is 2. The van der Waals surface area contributed by atoms with E-state index in [9.17, 15) is 0 Å². The molecule has 20 heavy (non-hydrogen) atoms. The molecule has 0 bridgehead atoms. The molecule has 0 aromatic heterocycles. The lowest BCUT2D eigenvalue weighted by molar-refractivity contribution is 0.162. The van der Waals surface area contributed by atoms with Gasteiger partial charge in [-0.15, -0.1) is 0 Å². The van der Waals surface area contributed by atoms with Gasteiger partial charge in [0.2, 0.25) is 0 Å². The highest BCUT2D eigenvalue weighted by molar-refractivity contribution is 5.58. The summed E-state index contributed by atoms with van der Waals surface area (Å²) in [6.07, 6.45) is 3.93. The van der Waals surface area contributed by atoms with E-state index in [1.807, 2.05) is 6.07 Å². The van der Waals surface area contributed by atoms with Crippen LogP contribution in [-0.4, -0.2) is 31.2 Å². The number of anilines is 1. The minimum atomic E-state index is 0.607. The van der Waals surface area contributed by atoms with E-state index in [4.69, 9.17) is 15.2 Å². The van der Waals surface area contributed by atoms with E-state index < -0.39 is 0 Å². The molecule has 1 atom stereocenters. The van der Waals surface area contributed by atoms with Crippen molar-refractivity contribution < 1.29 is 9.47 Å². The van der Waals surface area contributed by atoms with E-state index in [1.165, 1.54) is 32.4 Å². The molecule has 1 aromatic carbocycles. The fraction of sp³-hybridized carbons (Fsp3) is 0.625. The van der Waals surface area contributed by atoms with Crippen molar-refractivity contribution in [1.82, 2.24) is 4.90 Å². The van der Waals surface area contributed by atoms with Gasteiger partial charge in [0.15, 0.2) is 11.5 Å². The van der Waals surface area contributed by atoms with Gasteiger partial charge >= 0.3 is 0 Å². The Morgan fingerprint density at radius 1 is 1.25 bits per heavy atom. The number of likely N-dealkylation sites (tertiary alicyclic amines) is 1. The summed E-state index contributed by atoms with van der Waals surface area (Å²) < 4.78 is 11.2. The zero-order chi connectivity index (χ0) is 13.9. The summed E-state index contributed by atoms with van der Waals surface area (Å²) in [7, 11) is 0. The van der Waals surface area contributed by atoms with Crippen molar-refractivity contribution >= 4 is 5.69 Å². The van der Waals surface area contributed by atoms with E-state index >= 15 is 0 Å². The van der Waals surface area contributed by atoms with E-state index in [0.29, 0.717) is 13.2 Å². The maximum absolute atomic E-state index is 6.17. The van der Waals surface area contributed by atoms with E-state index in [-0.39, 0.29) is 0 Å². The molecule has 0 saturated carbocycles. The molecule has 0 radical (unpaired) electrons. The lowest BCUT2D eigenvalue weighted by Crippen LogP contribution is -2.34. The van der Waals surface area contributed by atoms with E-state index in [0.717, 1.165) is 35.2 Å². The summed E-state index contributed by atoms with van der Waals surface area (Å²) in [6, 6.07) is 3.96. The van der Waals surface area contributed by atoms with Crippen LogP contribution >= 0.6 is 0 Å². The largest absolute Gasteiger partial charge is 0.486 e. The lowest BCUT2D eigenvalue weighted by Gasteiger charge is -2.32. The summed E-state index contributed by atoms with van der Waals surface area (Å²) in [6.45, 7) is 6.79. The van der Waals surface area contributed by atoms with Crippen molar-refractivity contribution in [3.63, 3.8) is 0 Å². The third-order valence-corrected chi connectivity index (χ3v) is 4.38. The molecule has 2 aliphatic heterocycles. The van der Waals surface area contributed by atoms with Crippen molar-refractivity contribution in [2.75, 3.05) is 32.0 Å². The first-order valence-corrected chi connectivity index (χ1v) is 7.66. The van der Waals surface area contributed by atoms with E-state index in [1.54, 1.807) is 0 Å². The molecule has 0 spiro atoms. The van der Waals surface area contributed by atoms with Crippen LogP contribution in [0, 0.1) is 5.92 Å². The monoisotopic (exact) mass is 276 g/mol. The number of nitrogens with zero attached hydrogens (tertiary/aromatic N) is 1. The van der Waals surface area contributed by atoms with Crippen LogP contribution in [0.5, 0.6) is 11.5 Å². The van der Waals surface area contributed by atoms with Gasteiger partial charge in [0.1, 0.15) is 13.2 Å². The van der Waals surface area contributed by atoms with Crippen LogP contribution in [0.25, 0.3) is 0 Å². The Morgan fingerprint density at radius 3 is 2.75 bits per heavy atom. The van der Waals surface area contributed by atoms with Gasteiger partial charge in [-0.1, -0.05) is 13.3 Å². The predicted octanol–water partition coefficient (Wildman–Crippen LogP) is 2.66. The summed E-state index contributed by atoms with van der Waals surface area (Å²) in [5, 5.41) is 0. The fourth-order valence-electron chi connectivity index (χ4n) is 3.15. The SMILES string of the molecule is CCC1CCCN(Cc2cc3c(cc2N)OCCO3)C1. The number of nitrogens with two attached hydrogens (primary N) is 1. The van der Waals surface area contributed by atoms with Crippen molar-refractivity contribution in [2.24, 2.45) is 5.92 Å². The highest BCUT2D eigenvalue weighted by Gasteiger charge is 2.21. The fourth-order valence-corrected chi connectivity index (χ4v) is 3.15. The second-order valence-electron chi connectivity index (χ2n) is 5.85. The molecule has 2 N–H and O–H groups in total. The first kappa shape index (κ1) is 13.6. The zero-order valence-corrected chi connectivity index (χ0v) is 12.2. The topological polar surface area (TPSA) is 47.7 Å². The highest BCUT2D eigenvalue weighted by atomic mass is 16.6. The molecule has 1 saturated heterocycles. The molecule has 4 nitrogen and oxygen atoms in total. The first-order chi connectivity index (χ1) is 9.76. The van der Waals surface area contributed by atoms with Gasteiger partial charge in [-0.3, -0.25) is 4.90 Å². The average Bonchev–Trinajstić information content (AvgIpc) is 2.48. The van der Waals surface area contributed by atoms with Crippen molar-refractivity contribution in [3.8, 4) is 11.5 Å². The van der Waals surface area contributed by atoms with Gasteiger partial charge in [-0.25, -0.2) is 0 Å². The second-order valence-corrected chi connectivity index (χ2v) is 5.85. The molecule has 110 valence electrons. The Kier molecular flexibility index (Phi) is 4.01. The molecule has 0 amide bonds. The Bertz CT molecular complexity index is 476. The van der Waals surface area contributed by atoms with Gasteiger partial charge in [-0.05, 0) is 36.9 Å². The van der Waals surface area contributed by atoms with Crippen molar-refractivity contribution in [2.45, 2.75) is 32.7 Å². The Morgan fingerprint density at radius 2 is 2.00 bits per heavy atom. The maximum Gasteiger partial charge on any atom is 0.163 e. The number of rotatable bonds is 3. The highest BCUT2D eigenvalue weighted by Crippen LogP contribution is 2.35. The maximum atomic E-state index is 6.17. The van der Waals surface area contributed by atoms with Gasteiger partial charge in [0.25, 0.3) is 0 Å². The van der Waals surface area contributed by atoms with E-state index in [2.05, 4.69) is 17.9 Å². The number of piperidine rings is 1. The third kappa shape index (κ3) is 2.85. The minimum absolute atomic E-state index is 0.607. The number of benzene rings is 1. The van der Waals surface area contributed by atoms with Gasteiger partial charge in [0.05, 0.1) is 0 Å². The summed E-state index contributed by atoms with van der Waals surface area (Å²) >= 11 is 0. The molecule has 0 aliphatic carbocycles. The summed E-state index contributed by atoms with van der Waals surface area (Å²) in [5.41, 5.74) is 8.14. The average molecular weight is 276 g/mol. The van der Waals surface area contributed by atoms with Crippen LogP contribution in [0.15, 0.2) is 12.1 Å². The van der Waals surface area contributed by atoms with Crippen LogP contribution in [0.2, 0.25) is 0 Å². The van der Waals surface area contributed by atoms with Crippen molar-refractivity contribution in [1.29, 1.82) is 0 Å². The van der Waals surface area contributed by atoms with Crippen LogP contribution in [0.4, 0.5) is 5.69 Å². The number of nitrogen functional groups attached to an aromatic ring is 1. The molecule has 1 unspecified atom stereocenters. The molecule has 2 heterocycles. The van der Waals surface area contributed by atoms with Crippen molar-refractivity contribution in [3.05, 3.63) is 17.7 Å². The second kappa shape index (κ2) is 5.92. The first-order valence-electron chi connectivity index (χ1n) is 7.66. The standard InChI is InChI=1S/C16H24N2O2/c1-2-12-4-3-5-18(10-12)11-13-8-15-16(9-14(13)17)20-7-6-19-15/h8-9,12H,2-7,10-11,17H2,1H3. The van der Waals surface area contributed by atoms with Crippen LogP contribution < -0.4 is 15.2 Å². The molecule has 1 aromatic rings. The molecular weight excluding hydrogens is 252 g/mol. The number of fused-ring (bicyclic) bond motifs is 1. The Labute approximate surface area is 120 Å². The molecule has 1 fully saturated rings. The molecule has 2 aliphatic rings. The van der Waals surface area contributed by atoms with Crippen LogP contribution in [0.3, 0.4) is 0 Å². The smallest absolute Gasteiger partial charge is 0.163 e. The lowest BCUT2D eigenvalue weighted by atomic mass is 9.95. The summed E-state index contributed by atoms with van der Waals surface area (Å²) in [5.74, 6) is 2.45. The van der Waals surface area contributed by atoms with Gasteiger partial charge in [-0.2, -0.15) is 0 Å². The Balaban J connectivity index is 1.73. The molecule has 4 heteroatoms. The third-order valence-electron chi connectivity index (χ3n) is 4.38. The number of hydrogen-bond donors (Lipinski definition) is 1. The predicted molar refractivity (Wildman–Crippen MR) is 80.1 cm³/mol. The normalized spacial score (nSPS) is 22.8. The van der Waals surface area contributed by atoms with Gasteiger partial charge < -0.3 is 15.2 Å². The molecule has 3 rings (SSSR count). The summed E-state index contributed by atoms with van der Waals surface area (Å²) in [4.78, 5) is 2.51. The minimum Gasteiger partial charge on any atom is -0.486 e.